The van der Waals surface area contributed by atoms with Crippen LogP contribution in [-0.2, 0) is 0 Å². The van der Waals surface area contributed by atoms with E-state index in [-0.39, 0.29) is 6.04 Å². The summed E-state index contributed by atoms with van der Waals surface area (Å²) in [5.74, 6) is 0.237. The SMILES string of the molecule is NCC(Nc1ccccc1C(N)=O)C1CC1. The zero-order valence-electron chi connectivity index (χ0n) is 9.15. The molecule has 1 unspecified atom stereocenters. The highest BCUT2D eigenvalue weighted by atomic mass is 16.1. The maximum Gasteiger partial charge on any atom is 0.250 e. The van der Waals surface area contributed by atoms with Crippen LogP contribution in [0.15, 0.2) is 24.3 Å². The van der Waals surface area contributed by atoms with E-state index in [9.17, 15) is 4.79 Å². The number of nitrogens with two attached hydrogens (primary N) is 2. The number of nitrogens with one attached hydrogen (secondary N) is 1. The molecule has 0 bridgehead atoms. The maximum absolute atomic E-state index is 11.2. The number of para-hydroxylation sites is 1. The fraction of sp³-hybridized carbons (Fsp3) is 0.417. The highest BCUT2D eigenvalue weighted by Gasteiger charge is 2.30. The Morgan fingerprint density at radius 1 is 1.44 bits per heavy atom. The van der Waals surface area contributed by atoms with Crippen LogP contribution in [0.4, 0.5) is 5.69 Å². The zero-order valence-corrected chi connectivity index (χ0v) is 9.15. The molecular weight excluding hydrogens is 202 g/mol. The van der Waals surface area contributed by atoms with Crippen molar-refractivity contribution >= 4 is 11.6 Å². The predicted molar refractivity (Wildman–Crippen MR) is 64.1 cm³/mol. The van der Waals surface area contributed by atoms with Gasteiger partial charge in [-0.25, -0.2) is 0 Å². The van der Waals surface area contributed by atoms with Gasteiger partial charge in [-0.2, -0.15) is 0 Å². The van der Waals surface area contributed by atoms with Crippen molar-refractivity contribution in [3.63, 3.8) is 0 Å². The first-order valence-electron chi connectivity index (χ1n) is 5.58. The highest BCUT2D eigenvalue weighted by molar-refractivity contribution is 5.98. The van der Waals surface area contributed by atoms with Gasteiger partial charge in [-0.1, -0.05) is 12.1 Å². The lowest BCUT2D eigenvalue weighted by molar-refractivity contribution is 0.100. The van der Waals surface area contributed by atoms with E-state index >= 15 is 0 Å². The number of carbonyl (C=O) groups is 1. The summed E-state index contributed by atoms with van der Waals surface area (Å²) >= 11 is 0. The predicted octanol–water partition coefficient (Wildman–Crippen LogP) is 0.935. The van der Waals surface area contributed by atoms with Crippen LogP contribution < -0.4 is 16.8 Å². The van der Waals surface area contributed by atoms with Gasteiger partial charge in [0.2, 0.25) is 0 Å². The van der Waals surface area contributed by atoms with Gasteiger partial charge in [0.05, 0.1) is 5.56 Å². The molecule has 0 saturated heterocycles. The average Bonchev–Trinajstić information content (AvgIpc) is 3.10. The van der Waals surface area contributed by atoms with Crippen molar-refractivity contribution < 1.29 is 4.79 Å². The molecule has 5 N–H and O–H groups in total. The molecule has 1 aromatic carbocycles. The van der Waals surface area contributed by atoms with Crippen molar-refractivity contribution in [1.82, 2.24) is 0 Å². The molecule has 16 heavy (non-hydrogen) atoms. The first-order valence-corrected chi connectivity index (χ1v) is 5.58. The molecule has 0 heterocycles. The quantitative estimate of drug-likeness (QED) is 0.689. The minimum Gasteiger partial charge on any atom is -0.380 e. The van der Waals surface area contributed by atoms with Gasteiger partial charge in [-0.3, -0.25) is 4.79 Å². The van der Waals surface area contributed by atoms with E-state index < -0.39 is 5.91 Å². The zero-order chi connectivity index (χ0) is 11.5. The Morgan fingerprint density at radius 2 is 2.12 bits per heavy atom. The van der Waals surface area contributed by atoms with E-state index in [1.165, 1.54) is 12.8 Å². The highest BCUT2D eigenvalue weighted by Crippen LogP contribution is 2.34. The van der Waals surface area contributed by atoms with Crippen LogP contribution in [0.5, 0.6) is 0 Å². The summed E-state index contributed by atoms with van der Waals surface area (Å²) in [6.07, 6.45) is 2.43. The number of anilines is 1. The molecular formula is C12H17N3O. The van der Waals surface area contributed by atoms with Crippen molar-refractivity contribution in [3.05, 3.63) is 29.8 Å². The summed E-state index contributed by atoms with van der Waals surface area (Å²) in [7, 11) is 0. The van der Waals surface area contributed by atoms with E-state index in [2.05, 4.69) is 5.32 Å². The van der Waals surface area contributed by atoms with Crippen LogP contribution in [0, 0.1) is 5.92 Å². The standard InChI is InChI=1S/C12H17N3O/c13-7-11(8-5-6-8)15-10-4-2-1-3-9(10)12(14)16/h1-4,8,11,15H,5-7,13H2,(H2,14,16). The van der Waals surface area contributed by atoms with Crippen LogP contribution >= 0.6 is 0 Å². The average molecular weight is 219 g/mol. The Kier molecular flexibility index (Phi) is 3.10. The Morgan fingerprint density at radius 3 is 2.69 bits per heavy atom. The number of hydrogen-bond donors (Lipinski definition) is 3. The van der Waals surface area contributed by atoms with Gasteiger partial charge < -0.3 is 16.8 Å². The molecule has 4 nitrogen and oxygen atoms in total. The number of benzene rings is 1. The number of amides is 1. The normalized spacial score (nSPS) is 16.8. The Hall–Kier alpha value is -1.55. The van der Waals surface area contributed by atoms with Crippen LogP contribution in [0.3, 0.4) is 0 Å². The number of hydrogen-bond acceptors (Lipinski definition) is 3. The van der Waals surface area contributed by atoms with E-state index in [0.29, 0.717) is 18.0 Å². The first kappa shape index (κ1) is 11.0. The van der Waals surface area contributed by atoms with Crippen LogP contribution in [0.1, 0.15) is 23.2 Å². The molecule has 0 aliphatic heterocycles. The topological polar surface area (TPSA) is 81.1 Å². The molecule has 1 atom stereocenters. The molecule has 1 fully saturated rings. The summed E-state index contributed by atoms with van der Waals surface area (Å²) in [5.41, 5.74) is 12.3. The number of primary amides is 1. The van der Waals surface area contributed by atoms with Crippen LogP contribution in [-0.4, -0.2) is 18.5 Å². The molecule has 4 heteroatoms. The minimum absolute atomic E-state index is 0.250. The summed E-state index contributed by atoms with van der Waals surface area (Å²) in [6.45, 7) is 0.581. The molecule has 1 amide bonds. The largest absolute Gasteiger partial charge is 0.380 e. The smallest absolute Gasteiger partial charge is 0.250 e. The molecule has 1 aliphatic rings. The van der Waals surface area contributed by atoms with E-state index in [1.54, 1.807) is 12.1 Å². The lowest BCUT2D eigenvalue weighted by Crippen LogP contribution is -2.31. The fourth-order valence-corrected chi connectivity index (χ4v) is 1.89. The van der Waals surface area contributed by atoms with Gasteiger partial charge in [0, 0.05) is 18.3 Å². The monoisotopic (exact) mass is 219 g/mol. The second-order valence-electron chi connectivity index (χ2n) is 4.23. The molecule has 0 radical (unpaired) electrons. The summed E-state index contributed by atoms with van der Waals surface area (Å²) < 4.78 is 0. The maximum atomic E-state index is 11.2. The molecule has 1 aliphatic carbocycles. The number of carbonyl (C=O) groups excluding carboxylic acids is 1. The lowest BCUT2D eigenvalue weighted by Gasteiger charge is -2.19. The summed E-state index contributed by atoms with van der Waals surface area (Å²) in [5, 5.41) is 3.31. The fourth-order valence-electron chi connectivity index (χ4n) is 1.89. The van der Waals surface area contributed by atoms with E-state index in [4.69, 9.17) is 11.5 Å². The summed E-state index contributed by atoms with van der Waals surface area (Å²) in [6, 6.07) is 7.53. The van der Waals surface area contributed by atoms with Crippen molar-refractivity contribution in [2.75, 3.05) is 11.9 Å². The minimum atomic E-state index is -0.408. The van der Waals surface area contributed by atoms with Gasteiger partial charge in [0.1, 0.15) is 0 Å². The lowest BCUT2D eigenvalue weighted by atomic mass is 10.1. The van der Waals surface area contributed by atoms with E-state index in [0.717, 1.165) is 5.69 Å². The molecule has 2 rings (SSSR count). The third-order valence-corrected chi connectivity index (χ3v) is 2.98. The molecule has 0 spiro atoms. The third-order valence-electron chi connectivity index (χ3n) is 2.98. The Balaban J connectivity index is 2.15. The third kappa shape index (κ3) is 2.33. The Labute approximate surface area is 95.0 Å². The van der Waals surface area contributed by atoms with Gasteiger partial charge in [-0.05, 0) is 30.9 Å². The van der Waals surface area contributed by atoms with E-state index in [1.807, 2.05) is 12.1 Å². The number of rotatable bonds is 5. The first-order chi connectivity index (χ1) is 7.72. The van der Waals surface area contributed by atoms with Crippen molar-refractivity contribution in [2.45, 2.75) is 18.9 Å². The van der Waals surface area contributed by atoms with Crippen molar-refractivity contribution in [2.24, 2.45) is 17.4 Å². The van der Waals surface area contributed by atoms with Gasteiger partial charge in [0.25, 0.3) is 5.91 Å². The van der Waals surface area contributed by atoms with Gasteiger partial charge in [-0.15, -0.1) is 0 Å². The van der Waals surface area contributed by atoms with Crippen LogP contribution in [0.2, 0.25) is 0 Å². The molecule has 0 aromatic heterocycles. The van der Waals surface area contributed by atoms with Crippen molar-refractivity contribution in [1.29, 1.82) is 0 Å². The summed E-state index contributed by atoms with van der Waals surface area (Å²) in [4.78, 5) is 11.2. The second kappa shape index (κ2) is 4.53. The van der Waals surface area contributed by atoms with Crippen molar-refractivity contribution in [3.8, 4) is 0 Å². The second-order valence-corrected chi connectivity index (χ2v) is 4.23. The molecule has 86 valence electrons. The van der Waals surface area contributed by atoms with Gasteiger partial charge >= 0.3 is 0 Å². The van der Waals surface area contributed by atoms with Gasteiger partial charge in [0.15, 0.2) is 0 Å². The van der Waals surface area contributed by atoms with Crippen LogP contribution in [0.25, 0.3) is 0 Å². The Bertz CT molecular complexity index is 388. The molecule has 1 aromatic rings. The molecule has 1 saturated carbocycles.